The highest BCUT2D eigenvalue weighted by atomic mass is 19.4. The molecule has 0 unspecified atom stereocenters. The third-order valence-corrected chi connectivity index (χ3v) is 6.33. The van der Waals surface area contributed by atoms with Crippen molar-refractivity contribution in [1.82, 2.24) is 19.9 Å². The molecule has 0 atom stereocenters. The molecule has 2 aromatic heterocycles. The van der Waals surface area contributed by atoms with Crippen LogP contribution in [0.5, 0.6) is 0 Å². The first-order chi connectivity index (χ1) is 18.8. The summed E-state index contributed by atoms with van der Waals surface area (Å²) in [5.41, 5.74) is 2.58. The van der Waals surface area contributed by atoms with Crippen molar-refractivity contribution in [3.8, 4) is 11.1 Å². The molecule has 0 aliphatic carbocycles. The molecule has 5 rings (SSSR count). The third kappa shape index (κ3) is 5.72. The Bertz CT molecular complexity index is 1620. The van der Waals surface area contributed by atoms with Crippen molar-refractivity contribution in [2.45, 2.75) is 19.3 Å². The van der Waals surface area contributed by atoms with Crippen LogP contribution in [0.15, 0.2) is 97.5 Å². The van der Waals surface area contributed by atoms with Crippen LogP contribution in [0.25, 0.3) is 22.0 Å². The Kier molecular flexibility index (Phi) is 7.23. The summed E-state index contributed by atoms with van der Waals surface area (Å²) < 4.78 is 41.2. The van der Waals surface area contributed by atoms with Gasteiger partial charge in [0.1, 0.15) is 12.1 Å². The van der Waals surface area contributed by atoms with Crippen LogP contribution in [0.2, 0.25) is 0 Å². The van der Waals surface area contributed by atoms with Gasteiger partial charge in [-0.2, -0.15) is 13.2 Å². The van der Waals surface area contributed by atoms with Crippen LogP contribution < -0.4 is 5.32 Å². The molecule has 9 heteroatoms. The number of alkyl halides is 3. The van der Waals surface area contributed by atoms with Gasteiger partial charge in [0.15, 0.2) is 0 Å². The van der Waals surface area contributed by atoms with Crippen LogP contribution >= 0.6 is 0 Å². The number of fused-ring (bicyclic) bond motifs is 1. The summed E-state index contributed by atoms with van der Waals surface area (Å²) in [5, 5.41) is 3.93. The molecule has 0 saturated heterocycles. The van der Waals surface area contributed by atoms with E-state index in [0.29, 0.717) is 11.5 Å². The second kappa shape index (κ2) is 10.9. The summed E-state index contributed by atoms with van der Waals surface area (Å²) >= 11 is 0. The molecule has 1 N–H and O–H groups in total. The van der Waals surface area contributed by atoms with Gasteiger partial charge in [-0.05, 0) is 59.2 Å². The van der Waals surface area contributed by atoms with Crippen molar-refractivity contribution in [3.05, 3.63) is 120 Å². The number of nitrogens with zero attached hydrogens (tertiary/aromatic N) is 4. The van der Waals surface area contributed by atoms with Crippen molar-refractivity contribution in [2.24, 2.45) is 0 Å². The fourth-order valence-electron chi connectivity index (χ4n) is 4.48. The highest BCUT2D eigenvalue weighted by molar-refractivity contribution is 5.96. The van der Waals surface area contributed by atoms with Gasteiger partial charge in [0.05, 0.1) is 28.9 Å². The molecule has 6 nitrogen and oxygen atoms in total. The highest BCUT2D eigenvalue weighted by Gasteiger charge is 2.36. The van der Waals surface area contributed by atoms with Gasteiger partial charge in [-0.1, -0.05) is 42.5 Å². The van der Waals surface area contributed by atoms with E-state index >= 15 is 0 Å². The zero-order valence-electron chi connectivity index (χ0n) is 21.0. The molecule has 0 aliphatic rings. The van der Waals surface area contributed by atoms with Crippen LogP contribution in [0, 0.1) is 0 Å². The van der Waals surface area contributed by atoms with Gasteiger partial charge in [-0.3, -0.25) is 9.78 Å². The second-order valence-electron chi connectivity index (χ2n) is 8.93. The fourth-order valence-corrected chi connectivity index (χ4v) is 4.48. The predicted octanol–water partition coefficient (Wildman–Crippen LogP) is 6.59. The summed E-state index contributed by atoms with van der Waals surface area (Å²) in [6.07, 6.45) is -1.57. The fraction of sp³-hybridized carbons (Fsp3) is 0.133. The van der Waals surface area contributed by atoms with Gasteiger partial charge < -0.3 is 10.2 Å². The first kappa shape index (κ1) is 25.8. The lowest BCUT2D eigenvalue weighted by molar-refractivity contribution is -0.138. The summed E-state index contributed by atoms with van der Waals surface area (Å²) in [4.78, 5) is 27.8. The average Bonchev–Trinajstić information content (AvgIpc) is 2.96. The zero-order chi connectivity index (χ0) is 27.4. The van der Waals surface area contributed by atoms with Crippen LogP contribution in [0.3, 0.4) is 0 Å². The normalized spacial score (nSPS) is 11.4. The van der Waals surface area contributed by atoms with Gasteiger partial charge in [0, 0.05) is 25.2 Å². The number of carbonyl (C=O) groups is 1. The smallest absolute Gasteiger partial charge is 0.373 e. The van der Waals surface area contributed by atoms with Gasteiger partial charge in [0.2, 0.25) is 0 Å². The van der Waals surface area contributed by atoms with Crippen LogP contribution in [0.4, 0.5) is 19.0 Å². The van der Waals surface area contributed by atoms with Gasteiger partial charge in [-0.25, -0.2) is 9.97 Å². The molecular weight excluding hydrogens is 503 g/mol. The summed E-state index contributed by atoms with van der Waals surface area (Å²) in [6.45, 7) is 0.142. The first-order valence-corrected chi connectivity index (χ1v) is 12.2. The van der Waals surface area contributed by atoms with Crippen molar-refractivity contribution in [1.29, 1.82) is 0 Å². The summed E-state index contributed by atoms with van der Waals surface area (Å²) in [5.74, 6) is -0.0195. The van der Waals surface area contributed by atoms with Gasteiger partial charge in [0.25, 0.3) is 5.91 Å². The Morgan fingerprint density at radius 3 is 2.41 bits per heavy atom. The largest absolute Gasteiger partial charge is 0.417 e. The molecule has 0 saturated carbocycles. The van der Waals surface area contributed by atoms with E-state index in [4.69, 9.17) is 0 Å². The molecule has 0 radical (unpaired) electrons. The average molecular weight is 528 g/mol. The van der Waals surface area contributed by atoms with E-state index in [9.17, 15) is 18.0 Å². The van der Waals surface area contributed by atoms with E-state index in [1.165, 1.54) is 29.4 Å². The lowest BCUT2D eigenvalue weighted by Crippen LogP contribution is -2.32. The number of hydrogen-bond donors (Lipinski definition) is 1. The molecule has 5 aromatic rings. The molecule has 3 aromatic carbocycles. The number of anilines is 1. The molecule has 0 bridgehead atoms. The number of pyridine rings is 1. The first-order valence-electron chi connectivity index (χ1n) is 12.2. The van der Waals surface area contributed by atoms with E-state index in [2.05, 4.69) is 20.3 Å². The Labute approximate surface area is 223 Å². The summed E-state index contributed by atoms with van der Waals surface area (Å²) in [7, 11) is 1.79. The van der Waals surface area contributed by atoms with Crippen LogP contribution in [-0.2, 0) is 19.3 Å². The topological polar surface area (TPSA) is 71.0 Å². The minimum atomic E-state index is -4.66. The maximum atomic E-state index is 13.7. The van der Waals surface area contributed by atoms with Crippen molar-refractivity contribution < 1.29 is 18.0 Å². The maximum absolute atomic E-state index is 13.7. The van der Waals surface area contributed by atoms with Crippen LogP contribution in [0.1, 0.15) is 27.2 Å². The monoisotopic (exact) mass is 527 g/mol. The Hall–Kier alpha value is -4.79. The number of rotatable bonds is 7. The summed E-state index contributed by atoms with van der Waals surface area (Å²) in [6, 6.07) is 23.5. The van der Waals surface area contributed by atoms with E-state index in [1.807, 2.05) is 42.5 Å². The second-order valence-corrected chi connectivity index (χ2v) is 8.93. The van der Waals surface area contributed by atoms with Crippen molar-refractivity contribution >= 4 is 22.6 Å². The highest BCUT2D eigenvalue weighted by Crippen LogP contribution is 2.33. The number of aromatic nitrogens is 3. The van der Waals surface area contributed by atoms with E-state index < -0.39 is 23.2 Å². The number of halogens is 3. The molecule has 0 spiro atoms. The Balaban J connectivity index is 1.50. The molecule has 0 aliphatic heterocycles. The SMILES string of the molecule is CNc1ncnc2ccc(-c3cccc(CN(Cc4ccccn4)C(=O)c4ccccc4C(F)(F)F)c3)cc12. The van der Waals surface area contributed by atoms with Crippen molar-refractivity contribution in [3.63, 3.8) is 0 Å². The van der Waals surface area contributed by atoms with E-state index in [1.54, 1.807) is 31.4 Å². The number of hydrogen-bond acceptors (Lipinski definition) is 5. The van der Waals surface area contributed by atoms with Crippen molar-refractivity contribution in [2.75, 3.05) is 12.4 Å². The zero-order valence-corrected chi connectivity index (χ0v) is 21.0. The number of nitrogens with one attached hydrogen (secondary N) is 1. The lowest BCUT2D eigenvalue weighted by atomic mass is 10.0. The molecule has 2 heterocycles. The molecule has 196 valence electrons. The molecule has 0 fully saturated rings. The number of carbonyl (C=O) groups excluding carboxylic acids is 1. The predicted molar refractivity (Wildman–Crippen MR) is 144 cm³/mol. The van der Waals surface area contributed by atoms with E-state index in [-0.39, 0.29) is 13.1 Å². The van der Waals surface area contributed by atoms with E-state index in [0.717, 1.165) is 33.7 Å². The third-order valence-electron chi connectivity index (χ3n) is 6.33. The molecule has 39 heavy (non-hydrogen) atoms. The van der Waals surface area contributed by atoms with Crippen LogP contribution in [-0.4, -0.2) is 32.8 Å². The maximum Gasteiger partial charge on any atom is 0.417 e. The molecular formula is C30H24F3N5O. The van der Waals surface area contributed by atoms with Gasteiger partial charge in [-0.15, -0.1) is 0 Å². The standard InChI is InChI=1S/C30H24F3N5O/c1-34-28-25-16-22(12-13-27(25)36-19-37-28)21-8-6-7-20(15-21)17-38(18-23-9-4-5-14-35-23)29(39)24-10-2-3-11-26(24)30(31,32)33/h2-16,19H,17-18H2,1H3,(H,34,36,37). The minimum Gasteiger partial charge on any atom is -0.373 e. The Morgan fingerprint density at radius 2 is 1.64 bits per heavy atom. The molecule has 1 amide bonds. The Morgan fingerprint density at radius 1 is 0.846 bits per heavy atom. The lowest BCUT2D eigenvalue weighted by Gasteiger charge is -2.24. The van der Waals surface area contributed by atoms with Gasteiger partial charge >= 0.3 is 6.18 Å². The minimum absolute atomic E-state index is 0.0505. The number of amides is 1. The number of benzene rings is 3. The quantitative estimate of drug-likeness (QED) is 0.258.